The predicted octanol–water partition coefficient (Wildman–Crippen LogP) is 2.65. The number of guanidine groups is 1. The Hall–Kier alpha value is -1.63. The van der Waals surface area contributed by atoms with Gasteiger partial charge in [-0.3, -0.25) is 0 Å². The molecule has 0 spiro atoms. The Morgan fingerprint density at radius 3 is 2.31 bits per heavy atom. The van der Waals surface area contributed by atoms with Crippen molar-refractivity contribution in [2.45, 2.75) is 84.0 Å². The van der Waals surface area contributed by atoms with Crippen molar-refractivity contribution >= 4 is 36.0 Å². The van der Waals surface area contributed by atoms with Gasteiger partial charge in [-0.15, -0.1) is 34.2 Å². The SMILES string of the molecule is COCCCNC(=NCc1nnc(C)n1C)NC1CCC(NC(=O)OC(C)(C)C)CC1.I. The van der Waals surface area contributed by atoms with E-state index in [0.29, 0.717) is 19.2 Å². The van der Waals surface area contributed by atoms with Crippen LogP contribution in [0.25, 0.3) is 0 Å². The van der Waals surface area contributed by atoms with Crippen LogP contribution in [0.15, 0.2) is 4.99 Å². The van der Waals surface area contributed by atoms with Gasteiger partial charge in [0.1, 0.15) is 18.0 Å². The third kappa shape index (κ3) is 10.3. The fraction of sp³-hybridized carbons (Fsp3) is 0.810. The number of amides is 1. The van der Waals surface area contributed by atoms with Gasteiger partial charge in [-0.1, -0.05) is 0 Å². The molecule has 0 saturated heterocycles. The van der Waals surface area contributed by atoms with Crippen molar-refractivity contribution in [3.05, 3.63) is 11.6 Å². The zero-order valence-electron chi connectivity index (χ0n) is 20.2. The third-order valence-electron chi connectivity index (χ3n) is 5.17. The molecule has 0 aromatic carbocycles. The van der Waals surface area contributed by atoms with Gasteiger partial charge in [0.05, 0.1) is 0 Å². The van der Waals surface area contributed by atoms with Gasteiger partial charge in [-0.2, -0.15) is 0 Å². The van der Waals surface area contributed by atoms with Gasteiger partial charge in [0.25, 0.3) is 0 Å². The first-order valence-electron chi connectivity index (χ1n) is 11.1. The maximum Gasteiger partial charge on any atom is 0.407 e. The first-order valence-corrected chi connectivity index (χ1v) is 11.1. The van der Waals surface area contributed by atoms with Gasteiger partial charge in [0.15, 0.2) is 11.8 Å². The van der Waals surface area contributed by atoms with Crippen molar-refractivity contribution in [2.24, 2.45) is 12.0 Å². The number of halogens is 1. The van der Waals surface area contributed by atoms with E-state index in [-0.39, 0.29) is 36.1 Å². The molecule has 0 unspecified atom stereocenters. The minimum Gasteiger partial charge on any atom is -0.444 e. The Morgan fingerprint density at radius 2 is 1.78 bits per heavy atom. The lowest BCUT2D eigenvalue weighted by atomic mass is 9.91. The van der Waals surface area contributed by atoms with Crippen LogP contribution in [0.1, 0.15) is 64.5 Å². The first kappa shape index (κ1) is 28.4. The summed E-state index contributed by atoms with van der Waals surface area (Å²) in [7, 11) is 3.64. The normalized spacial score (nSPS) is 19.1. The standard InChI is InChI=1S/C21H39N7O3.HI/c1-15-26-27-18(28(15)5)14-23-19(22-12-7-13-30-6)24-16-8-10-17(11-9-16)25-20(29)31-21(2,3)4;/h16-17H,7-14H2,1-6H3,(H,25,29)(H2,22,23,24);1H. The molecular formula is C21H40IN7O3. The highest BCUT2D eigenvalue weighted by atomic mass is 127. The number of hydrogen-bond donors (Lipinski definition) is 3. The second kappa shape index (κ2) is 13.8. The Balaban J connectivity index is 0.00000512. The van der Waals surface area contributed by atoms with Crippen LogP contribution in [-0.2, 0) is 23.1 Å². The van der Waals surface area contributed by atoms with E-state index in [9.17, 15) is 4.79 Å². The van der Waals surface area contributed by atoms with Crippen LogP contribution in [-0.4, -0.2) is 64.8 Å². The lowest BCUT2D eigenvalue weighted by Crippen LogP contribution is -2.48. The molecule has 10 nitrogen and oxygen atoms in total. The molecule has 0 aliphatic heterocycles. The molecule has 2 rings (SSSR count). The summed E-state index contributed by atoms with van der Waals surface area (Å²) in [5, 5.41) is 18.2. The molecule has 32 heavy (non-hydrogen) atoms. The average molecular weight is 566 g/mol. The summed E-state index contributed by atoms with van der Waals surface area (Å²) in [5.74, 6) is 2.45. The third-order valence-corrected chi connectivity index (χ3v) is 5.17. The van der Waals surface area contributed by atoms with Crippen LogP contribution in [0.2, 0.25) is 0 Å². The van der Waals surface area contributed by atoms with E-state index >= 15 is 0 Å². The monoisotopic (exact) mass is 565 g/mol. The number of ether oxygens (including phenoxy) is 2. The number of hydrogen-bond acceptors (Lipinski definition) is 6. The number of aromatic nitrogens is 3. The van der Waals surface area contributed by atoms with E-state index in [2.05, 4.69) is 26.1 Å². The maximum absolute atomic E-state index is 12.0. The average Bonchev–Trinajstić information content (AvgIpc) is 3.01. The van der Waals surface area contributed by atoms with E-state index < -0.39 is 5.60 Å². The van der Waals surface area contributed by atoms with E-state index in [4.69, 9.17) is 14.5 Å². The Kier molecular flexibility index (Phi) is 12.3. The molecule has 184 valence electrons. The van der Waals surface area contributed by atoms with Crippen LogP contribution in [0.3, 0.4) is 0 Å². The lowest BCUT2D eigenvalue weighted by molar-refractivity contribution is 0.0490. The summed E-state index contributed by atoms with van der Waals surface area (Å²) in [4.78, 5) is 16.7. The van der Waals surface area contributed by atoms with E-state index in [1.165, 1.54) is 0 Å². The summed E-state index contributed by atoms with van der Waals surface area (Å²) in [6.07, 6.45) is 4.24. The highest BCUT2D eigenvalue weighted by molar-refractivity contribution is 14.0. The van der Waals surface area contributed by atoms with Crippen LogP contribution in [0.4, 0.5) is 4.79 Å². The van der Waals surface area contributed by atoms with Gasteiger partial charge in [0.2, 0.25) is 0 Å². The van der Waals surface area contributed by atoms with Crippen LogP contribution < -0.4 is 16.0 Å². The summed E-state index contributed by atoms with van der Waals surface area (Å²) in [6, 6.07) is 0.441. The largest absolute Gasteiger partial charge is 0.444 e. The molecule has 1 amide bonds. The molecule has 0 atom stereocenters. The number of carbonyl (C=O) groups is 1. The second-order valence-electron chi connectivity index (χ2n) is 9.00. The van der Waals surface area contributed by atoms with Gasteiger partial charge >= 0.3 is 6.09 Å². The molecule has 1 aliphatic carbocycles. The fourth-order valence-corrected chi connectivity index (χ4v) is 3.36. The minimum atomic E-state index is -0.482. The van der Waals surface area contributed by atoms with Gasteiger partial charge in [-0.05, 0) is 59.8 Å². The summed E-state index contributed by atoms with van der Waals surface area (Å²) in [6.45, 7) is 9.46. The van der Waals surface area contributed by atoms with Crippen molar-refractivity contribution in [2.75, 3.05) is 20.3 Å². The molecule has 1 aliphatic rings. The van der Waals surface area contributed by atoms with Crippen LogP contribution in [0.5, 0.6) is 0 Å². The number of aryl methyl sites for hydroxylation is 1. The molecule has 0 bridgehead atoms. The van der Waals surface area contributed by atoms with Crippen LogP contribution >= 0.6 is 24.0 Å². The second-order valence-corrected chi connectivity index (χ2v) is 9.00. The highest BCUT2D eigenvalue weighted by Crippen LogP contribution is 2.19. The quantitative estimate of drug-likeness (QED) is 0.192. The number of aliphatic imine (C=N–C) groups is 1. The van der Waals surface area contributed by atoms with Crippen LogP contribution in [0, 0.1) is 6.92 Å². The number of methoxy groups -OCH3 is 1. The number of alkyl carbamates (subject to hydrolysis) is 1. The summed E-state index contributed by atoms with van der Waals surface area (Å²) in [5.41, 5.74) is -0.482. The molecule has 1 aromatic heterocycles. The molecule has 1 fully saturated rings. The molecule has 1 heterocycles. The zero-order valence-corrected chi connectivity index (χ0v) is 22.6. The number of nitrogens with one attached hydrogen (secondary N) is 3. The zero-order chi connectivity index (χ0) is 22.9. The van der Waals surface area contributed by atoms with Crippen molar-refractivity contribution in [3.63, 3.8) is 0 Å². The number of nitrogens with zero attached hydrogens (tertiary/aromatic N) is 4. The Morgan fingerprint density at radius 1 is 1.16 bits per heavy atom. The number of rotatable bonds is 8. The summed E-state index contributed by atoms with van der Waals surface area (Å²) >= 11 is 0. The molecule has 0 radical (unpaired) electrons. The van der Waals surface area contributed by atoms with Crippen molar-refractivity contribution in [3.8, 4) is 0 Å². The van der Waals surface area contributed by atoms with E-state index in [0.717, 1.165) is 56.3 Å². The molecule has 1 saturated carbocycles. The van der Waals surface area contributed by atoms with E-state index in [1.807, 2.05) is 39.3 Å². The maximum atomic E-state index is 12.0. The predicted molar refractivity (Wildman–Crippen MR) is 135 cm³/mol. The lowest BCUT2D eigenvalue weighted by Gasteiger charge is -2.31. The van der Waals surface area contributed by atoms with Gasteiger partial charge in [0, 0.05) is 39.4 Å². The Labute approximate surface area is 208 Å². The fourth-order valence-electron chi connectivity index (χ4n) is 3.36. The summed E-state index contributed by atoms with van der Waals surface area (Å²) < 4.78 is 12.4. The van der Waals surface area contributed by atoms with Crippen molar-refractivity contribution in [1.82, 2.24) is 30.7 Å². The van der Waals surface area contributed by atoms with E-state index in [1.54, 1.807) is 7.11 Å². The molecular weight excluding hydrogens is 525 g/mol. The van der Waals surface area contributed by atoms with Crippen molar-refractivity contribution < 1.29 is 14.3 Å². The highest BCUT2D eigenvalue weighted by Gasteiger charge is 2.25. The topological polar surface area (TPSA) is 115 Å². The van der Waals surface area contributed by atoms with Gasteiger partial charge in [-0.25, -0.2) is 9.79 Å². The molecule has 1 aromatic rings. The van der Waals surface area contributed by atoms with Crippen molar-refractivity contribution in [1.29, 1.82) is 0 Å². The molecule has 11 heteroatoms. The first-order chi connectivity index (χ1) is 14.7. The minimum absolute atomic E-state index is 0. The smallest absolute Gasteiger partial charge is 0.407 e. The number of carbonyl (C=O) groups excluding carboxylic acids is 1. The molecule has 3 N–H and O–H groups in total. The Bertz CT molecular complexity index is 725. The van der Waals surface area contributed by atoms with Gasteiger partial charge < -0.3 is 30.0 Å².